The van der Waals surface area contributed by atoms with E-state index in [1.165, 1.54) is 6.92 Å². The van der Waals surface area contributed by atoms with Crippen LogP contribution in [0, 0.1) is 11.8 Å². The third kappa shape index (κ3) is 3.35. The Labute approximate surface area is 88.7 Å². The maximum atomic E-state index is 10.5. The first-order chi connectivity index (χ1) is 7.13. The molecule has 0 fully saturated rings. The maximum Gasteiger partial charge on any atom is 0.344 e. The SMILES string of the molecule is CC#Cc1ccc(OC(C)C(=O)O)cc1. The summed E-state index contributed by atoms with van der Waals surface area (Å²) in [4.78, 5) is 10.5. The molecule has 78 valence electrons. The zero-order chi connectivity index (χ0) is 11.3. The highest BCUT2D eigenvalue weighted by Gasteiger charge is 2.11. The fourth-order valence-corrected chi connectivity index (χ4v) is 1.02. The van der Waals surface area contributed by atoms with E-state index >= 15 is 0 Å². The zero-order valence-electron chi connectivity index (χ0n) is 8.65. The summed E-state index contributed by atoms with van der Waals surface area (Å²) >= 11 is 0. The standard InChI is InChI=1S/C12H12O3/c1-3-4-10-5-7-11(8-6-10)15-9(2)12(13)14/h5-9H,1-2H3,(H,13,14). The molecule has 0 bridgehead atoms. The normalized spacial score (nSPS) is 11.1. The Morgan fingerprint density at radius 3 is 2.47 bits per heavy atom. The monoisotopic (exact) mass is 204 g/mol. The molecule has 3 nitrogen and oxygen atoms in total. The lowest BCUT2D eigenvalue weighted by molar-refractivity contribution is -0.144. The van der Waals surface area contributed by atoms with Gasteiger partial charge in [-0.3, -0.25) is 0 Å². The highest BCUT2D eigenvalue weighted by atomic mass is 16.5. The van der Waals surface area contributed by atoms with Gasteiger partial charge < -0.3 is 9.84 Å². The molecule has 15 heavy (non-hydrogen) atoms. The molecule has 0 radical (unpaired) electrons. The Morgan fingerprint density at radius 1 is 1.40 bits per heavy atom. The first-order valence-corrected chi connectivity index (χ1v) is 4.55. The number of carboxylic acid groups (broad SMARTS) is 1. The fourth-order valence-electron chi connectivity index (χ4n) is 1.02. The molecular formula is C12H12O3. The summed E-state index contributed by atoms with van der Waals surface area (Å²) in [6.07, 6.45) is -0.840. The molecule has 0 aliphatic carbocycles. The minimum atomic E-state index is -0.979. The van der Waals surface area contributed by atoms with Crippen molar-refractivity contribution >= 4 is 5.97 Å². The van der Waals surface area contributed by atoms with Gasteiger partial charge in [-0.15, -0.1) is 5.92 Å². The number of carbonyl (C=O) groups is 1. The van der Waals surface area contributed by atoms with Crippen LogP contribution in [-0.4, -0.2) is 17.2 Å². The Kier molecular flexibility index (Phi) is 3.75. The van der Waals surface area contributed by atoms with Gasteiger partial charge in [-0.05, 0) is 38.1 Å². The van der Waals surface area contributed by atoms with Gasteiger partial charge in [0.2, 0.25) is 0 Å². The van der Waals surface area contributed by atoms with E-state index in [4.69, 9.17) is 9.84 Å². The summed E-state index contributed by atoms with van der Waals surface area (Å²) in [5.41, 5.74) is 0.882. The number of ether oxygens (including phenoxy) is 1. The van der Waals surface area contributed by atoms with Crippen LogP contribution in [0.1, 0.15) is 19.4 Å². The second-order valence-corrected chi connectivity index (χ2v) is 3.00. The van der Waals surface area contributed by atoms with E-state index in [0.717, 1.165) is 5.56 Å². The molecule has 0 aliphatic rings. The van der Waals surface area contributed by atoms with E-state index in [1.54, 1.807) is 31.2 Å². The lowest BCUT2D eigenvalue weighted by Crippen LogP contribution is -2.22. The first kappa shape index (κ1) is 11.1. The number of hydrogen-bond acceptors (Lipinski definition) is 2. The van der Waals surface area contributed by atoms with Crippen molar-refractivity contribution in [1.82, 2.24) is 0 Å². The van der Waals surface area contributed by atoms with Crippen molar-refractivity contribution < 1.29 is 14.6 Å². The van der Waals surface area contributed by atoms with Gasteiger partial charge in [0.15, 0.2) is 6.10 Å². The van der Waals surface area contributed by atoms with E-state index in [9.17, 15) is 4.79 Å². The molecule has 3 heteroatoms. The number of carboxylic acids is 1. The average molecular weight is 204 g/mol. The third-order valence-corrected chi connectivity index (χ3v) is 1.78. The van der Waals surface area contributed by atoms with Crippen LogP contribution in [0.15, 0.2) is 24.3 Å². The van der Waals surface area contributed by atoms with Crippen molar-refractivity contribution in [2.45, 2.75) is 20.0 Å². The lowest BCUT2D eigenvalue weighted by Gasteiger charge is -2.09. The van der Waals surface area contributed by atoms with Crippen LogP contribution < -0.4 is 4.74 Å². The molecule has 1 atom stereocenters. The largest absolute Gasteiger partial charge is 0.479 e. The van der Waals surface area contributed by atoms with Crippen molar-refractivity contribution in [3.63, 3.8) is 0 Å². The predicted octanol–water partition coefficient (Wildman–Crippen LogP) is 1.91. The van der Waals surface area contributed by atoms with Crippen molar-refractivity contribution in [2.75, 3.05) is 0 Å². The zero-order valence-corrected chi connectivity index (χ0v) is 8.65. The van der Waals surface area contributed by atoms with Gasteiger partial charge in [0.05, 0.1) is 0 Å². The molecule has 1 aromatic rings. The lowest BCUT2D eigenvalue weighted by atomic mass is 10.2. The Bertz CT molecular complexity index is 395. The summed E-state index contributed by atoms with van der Waals surface area (Å²) in [6, 6.07) is 7.00. The summed E-state index contributed by atoms with van der Waals surface area (Å²) in [5, 5.41) is 8.63. The molecular weight excluding hydrogens is 192 g/mol. The molecule has 0 aliphatic heterocycles. The van der Waals surface area contributed by atoms with Crippen LogP contribution in [0.5, 0.6) is 5.75 Å². The highest BCUT2D eigenvalue weighted by molar-refractivity contribution is 5.72. The van der Waals surface area contributed by atoms with Gasteiger partial charge in [-0.2, -0.15) is 0 Å². The van der Waals surface area contributed by atoms with Crippen LogP contribution in [0.2, 0.25) is 0 Å². The van der Waals surface area contributed by atoms with Crippen molar-refractivity contribution in [1.29, 1.82) is 0 Å². The van der Waals surface area contributed by atoms with Crippen LogP contribution >= 0.6 is 0 Å². The van der Waals surface area contributed by atoms with E-state index in [0.29, 0.717) is 5.75 Å². The summed E-state index contributed by atoms with van der Waals surface area (Å²) in [6.45, 7) is 3.25. The van der Waals surface area contributed by atoms with Gasteiger partial charge in [-0.25, -0.2) is 4.79 Å². The number of hydrogen-bond donors (Lipinski definition) is 1. The summed E-state index contributed by atoms with van der Waals surface area (Å²) in [5.74, 6) is 5.22. The third-order valence-electron chi connectivity index (χ3n) is 1.78. The van der Waals surface area contributed by atoms with Gasteiger partial charge in [0.1, 0.15) is 5.75 Å². The van der Waals surface area contributed by atoms with Crippen LogP contribution in [0.25, 0.3) is 0 Å². The Balaban J connectivity index is 2.71. The molecule has 1 rings (SSSR count). The smallest absolute Gasteiger partial charge is 0.344 e. The second kappa shape index (κ2) is 5.06. The van der Waals surface area contributed by atoms with E-state index in [1.807, 2.05) is 0 Å². The first-order valence-electron chi connectivity index (χ1n) is 4.55. The molecule has 1 aromatic carbocycles. The second-order valence-electron chi connectivity index (χ2n) is 3.00. The van der Waals surface area contributed by atoms with Crippen LogP contribution in [0.3, 0.4) is 0 Å². The van der Waals surface area contributed by atoms with Crippen molar-refractivity contribution in [3.8, 4) is 17.6 Å². The van der Waals surface area contributed by atoms with Gasteiger partial charge >= 0.3 is 5.97 Å². The Morgan fingerprint density at radius 2 is 2.00 bits per heavy atom. The minimum Gasteiger partial charge on any atom is -0.479 e. The van der Waals surface area contributed by atoms with Gasteiger partial charge in [0.25, 0.3) is 0 Å². The molecule has 0 aromatic heterocycles. The number of aliphatic carboxylic acids is 1. The molecule has 0 spiro atoms. The van der Waals surface area contributed by atoms with Crippen LogP contribution in [0.4, 0.5) is 0 Å². The van der Waals surface area contributed by atoms with Crippen LogP contribution in [-0.2, 0) is 4.79 Å². The molecule has 0 amide bonds. The average Bonchev–Trinajstić information content (AvgIpc) is 2.21. The molecule has 1 N–H and O–H groups in total. The highest BCUT2D eigenvalue weighted by Crippen LogP contribution is 2.13. The topological polar surface area (TPSA) is 46.5 Å². The van der Waals surface area contributed by atoms with Crippen molar-refractivity contribution in [2.24, 2.45) is 0 Å². The number of rotatable bonds is 3. The van der Waals surface area contributed by atoms with E-state index in [-0.39, 0.29) is 0 Å². The minimum absolute atomic E-state index is 0.534. The van der Waals surface area contributed by atoms with Gasteiger partial charge in [0, 0.05) is 5.56 Å². The summed E-state index contributed by atoms with van der Waals surface area (Å²) in [7, 11) is 0. The molecule has 0 heterocycles. The van der Waals surface area contributed by atoms with Gasteiger partial charge in [-0.1, -0.05) is 5.92 Å². The van der Waals surface area contributed by atoms with E-state index in [2.05, 4.69) is 11.8 Å². The van der Waals surface area contributed by atoms with E-state index < -0.39 is 12.1 Å². The maximum absolute atomic E-state index is 10.5. The Hall–Kier alpha value is -1.95. The van der Waals surface area contributed by atoms with Crippen molar-refractivity contribution in [3.05, 3.63) is 29.8 Å². The molecule has 0 saturated heterocycles. The quantitative estimate of drug-likeness (QED) is 0.765. The summed E-state index contributed by atoms with van der Waals surface area (Å²) < 4.78 is 5.16. The molecule has 0 saturated carbocycles. The fraction of sp³-hybridized carbons (Fsp3) is 0.250. The molecule has 1 unspecified atom stereocenters. The number of benzene rings is 1. The predicted molar refractivity (Wildman–Crippen MR) is 56.7 cm³/mol.